The summed E-state index contributed by atoms with van der Waals surface area (Å²) in [6.07, 6.45) is 0. The summed E-state index contributed by atoms with van der Waals surface area (Å²) in [5, 5.41) is 2.34. The predicted molar refractivity (Wildman–Crippen MR) is 154 cm³/mol. The zero-order valence-electron chi connectivity index (χ0n) is 21.8. The normalized spacial score (nSPS) is 11.2. The highest BCUT2D eigenvalue weighted by Crippen LogP contribution is 2.41. The molecule has 36 heavy (non-hydrogen) atoms. The standard InChI is InChI=1S/C33H35N2O/c1-5-34(6-2)27-18-20-29-31(22-27)36-32-23-28(35(7-3)8-4)19-21-30(32)33(29)26-16-14-25(15-17-26)24-12-10-9-11-13-24/h9-23H,5-8H2,1-4H3/q+1. The Morgan fingerprint density at radius 1 is 0.667 bits per heavy atom. The van der Waals surface area contributed by atoms with E-state index in [2.05, 4.69) is 128 Å². The quantitative estimate of drug-likeness (QED) is 0.179. The number of fused-ring (bicyclic) bond motifs is 2. The lowest BCUT2D eigenvalue weighted by Gasteiger charge is -2.22. The van der Waals surface area contributed by atoms with Crippen LogP contribution in [0.5, 0.6) is 0 Å². The van der Waals surface area contributed by atoms with Crippen molar-refractivity contribution in [2.75, 3.05) is 31.1 Å². The van der Waals surface area contributed by atoms with Crippen molar-refractivity contribution in [2.24, 2.45) is 0 Å². The van der Waals surface area contributed by atoms with Crippen LogP contribution in [0.4, 0.5) is 5.69 Å². The maximum Gasteiger partial charge on any atom is 0.203 e. The van der Waals surface area contributed by atoms with Crippen molar-refractivity contribution in [3.05, 3.63) is 96.4 Å². The van der Waals surface area contributed by atoms with Gasteiger partial charge in [0.2, 0.25) is 5.36 Å². The van der Waals surface area contributed by atoms with Crippen molar-refractivity contribution in [2.45, 2.75) is 27.7 Å². The zero-order valence-corrected chi connectivity index (χ0v) is 21.8. The van der Waals surface area contributed by atoms with Gasteiger partial charge in [0.15, 0.2) is 0 Å². The Morgan fingerprint density at radius 3 is 2.00 bits per heavy atom. The SMILES string of the molecule is CCN(CC)c1ccc2c(-c3ccc(-c4ccccc4)cc3)c3ccc(=[N+](CC)CC)cc-3oc2c1. The average molecular weight is 476 g/mol. The molecule has 1 aliphatic carbocycles. The molecule has 0 saturated heterocycles. The van der Waals surface area contributed by atoms with Gasteiger partial charge in [-0.05, 0) is 62.6 Å². The maximum absolute atomic E-state index is 6.61. The smallest absolute Gasteiger partial charge is 0.203 e. The maximum atomic E-state index is 6.61. The molecule has 0 aromatic heterocycles. The van der Waals surface area contributed by atoms with E-state index in [0.29, 0.717) is 0 Å². The molecular weight excluding hydrogens is 440 g/mol. The number of hydrogen-bond acceptors (Lipinski definition) is 2. The molecule has 1 aliphatic heterocycles. The fourth-order valence-electron chi connectivity index (χ4n) is 5.21. The molecule has 2 aliphatic rings. The van der Waals surface area contributed by atoms with Crippen LogP contribution in [0.3, 0.4) is 0 Å². The molecule has 0 saturated carbocycles. The fourth-order valence-corrected chi connectivity index (χ4v) is 5.21. The minimum absolute atomic E-state index is 0.922. The summed E-state index contributed by atoms with van der Waals surface area (Å²) in [5.41, 5.74) is 8.14. The molecule has 0 spiro atoms. The fraction of sp³-hybridized carbons (Fsp3) is 0.242. The topological polar surface area (TPSA) is 19.4 Å². The lowest BCUT2D eigenvalue weighted by atomic mass is 9.92. The van der Waals surface area contributed by atoms with Crippen molar-refractivity contribution in [1.29, 1.82) is 0 Å². The molecular formula is C33H35N2O+. The molecule has 0 fully saturated rings. The number of nitrogens with zero attached hydrogens (tertiary/aromatic N) is 2. The molecule has 3 nitrogen and oxygen atoms in total. The lowest BCUT2D eigenvalue weighted by molar-refractivity contribution is 0.604. The van der Waals surface area contributed by atoms with Crippen LogP contribution in [0, 0.1) is 0 Å². The molecule has 0 unspecified atom stereocenters. The van der Waals surface area contributed by atoms with Gasteiger partial charge in [-0.25, -0.2) is 4.58 Å². The summed E-state index contributed by atoms with van der Waals surface area (Å²) in [7, 11) is 0. The van der Waals surface area contributed by atoms with E-state index in [9.17, 15) is 0 Å². The van der Waals surface area contributed by atoms with Crippen molar-refractivity contribution >= 4 is 16.7 Å². The van der Waals surface area contributed by atoms with Gasteiger partial charge < -0.3 is 9.32 Å². The van der Waals surface area contributed by atoms with Gasteiger partial charge in [-0.1, -0.05) is 54.6 Å². The van der Waals surface area contributed by atoms with Crippen molar-refractivity contribution in [3.8, 4) is 33.6 Å². The second kappa shape index (κ2) is 10.4. The van der Waals surface area contributed by atoms with E-state index < -0.39 is 0 Å². The van der Waals surface area contributed by atoms with Crippen LogP contribution in [0.15, 0.2) is 95.4 Å². The lowest BCUT2D eigenvalue weighted by Crippen LogP contribution is -2.29. The van der Waals surface area contributed by atoms with E-state index in [0.717, 1.165) is 48.5 Å². The first-order valence-electron chi connectivity index (χ1n) is 13.2. The molecule has 3 heteroatoms. The average Bonchev–Trinajstić information content (AvgIpc) is 2.93. The van der Waals surface area contributed by atoms with Crippen LogP contribution in [-0.4, -0.2) is 26.2 Å². The molecule has 0 atom stereocenters. The highest BCUT2D eigenvalue weighted by atomic mass is 16.3. The second-order valence-electron chi connectivity index (χ2n) is 9.13. The summed E-state index contributed by atoms with van der Waals surface area (Å²) in [6.45, 7) is 12.7. The van der Waals surface area contributed by atoms with Gasteiger partial charge in [0, 0.05) is 47.4 Å². The van der Waals surface area contributed by atoms with Gasteiger partial charge in [-0.15, -0.1) is 0 Å². The first-order chi connectivity index (χ1) is 17.7. The van der Waals surface area contributed by atoms with Gasteiger partial charge >= 0.3 is 0 Å². The van der Waals surface area contributed by atoms with Gasteiger partial charge in [0.25, 0.3) is 0 Å². The molecule has 3 aromatic rings. The number of hydrogen-bond donors (Lipinski definition) is 0. The van der Waals surface area contributed by atoms with Gasteiger partial charge in [-0.2, -0.15) is 0 Å². The van der Waals surface area contributed by atoms with Crippen LogP contribution in [-0.2, 0) is 0 Å². The molecule has 0 N–H and O–H groups in total. The minimum atomic E-state index is 0.922. The predicted octanol–water partition coefficient (Wildman–Crippen LogP) is 7.53. The summed E-state index contributed by atoms with van der Waals surface area (Å²) in [4.78, 5) is 2.36. The van der Waals surface area contributed by atoms with Gasteiger partial charge in [-0.3, -0.25) is 0 Å². The molecule has 0 radical (unpaired) electrons. The second-order valence-corrected chi connectivity index (χ2v) is 9.13. The van der Waals surface area contributed by atoms with E-state index in [1.54, 1.807) is 0 Å². The van der Waals surface area contributed by atoms with Gasteiger partial charge in [0.1, 0.15) is 24.4 Å². The summed E-state index contributed by atoms with van der Waals surface area (Å²) in [6, 6.07) is 32.8. The van der Waals surface area contributed by atoms with E-state index >= 15 is 0 Å². The van der Waals surface area contributed by atoms with E-state index in [4.69, 9.17) is 4.42 Å². The van der Waals surface area contributed by atoms with Gasteiger partial charge in [0.05, 0.1) is 6.07 Å². The summed E-state index contributed by atoms with van der Waals surface area (Å²) >= 11 is 0. The number of anilines is 1. The van der Waals surface area contributed by atoms with Crippen LogP contribution in [0.2, 0.25) is 0 Å². The third kappa shape index (κ3) is 4.42. The molecule has 3 aromatic carbocycles. The largest absolute Gasteiger partial charge is 0.456 e. The van der Waals surface area contributed by atoms with Crippen molar-refractivity contribution < 1.29 is 4.42 Å². The van der Waals surface area contributed by atoms with Crippen LogP contribution < -0.4 is 14.8 Å². The first-order valence-corrected chi connectivity index (χ1v) is 13.2. The molecule has 1 heterocycles. The van der Waals surface area contributed by atoms with Crippen molar-refractivity contribution in [1.82, 2.24) is 4.58 Å². The molecule has 5 rings (SSSR count). The monoisotopic (exact) mass is 475 g/mol. The Labute approximate surface area is 214 Å². The third-order valence-corrected chi connectivity index (χ3v) is 7.23. The molecule has 0 bridgehead atoms. The Bertz CT molecular complexity index is 1500. The Morgan fingerprint density at radius 2 is 1.33 bits per heavy atom. The Hall–Kier alpha value is -3.85. The van der Waals surface area contributed by atoms with E-state index in [1.165, 1.54) is 33.3 Å². The summed E-state index contributed by atoms with van der Waals surface area (Å²) < 4.78 is 8.97. The summed E-state index contributed by atoms with van der Waals surface area (Å²) in [5.74, 6) is 0.922. The number of benzene rings is 4. The van der Waals surface area contributed by atoms with Crippen molar-refractivity contribution in [3.63, 3.8) is 0 Å². The third-order valence-electron chi connectivity index (χ3n) is 7.23. The zero-order chi connectivity index (χ0) is 25.1. The van der Waals surface area contributed by atoms with Crippen LogP contribution in [0.1, 0.15) is 27.7 Å². The van der Waals surface area contributed by atoms with E-state index in [1.807, 2.05) is 0 Å². The first kappa shape index (κ1) is 23.9. The minimum Gasteiger partial charge on any atom is -0.456 e. The van der Waals surface area contributed by atoms with Crippen LogP contribution >= 0.6 is 0 Å². The van der Waals surface area contributed by atoms with Crippen LogP contribution in [0.25, 0.3) is 44.5 Å². The molecule has 0 amide bonds. The Kier molecular flexibility index (Phi) is 6.90. The van der Waals surface area contributed by atoms with E-state index in [-0.39, 0.29) is 0 Å². The highest BCUT2D eigenvalue weighted by Gasteiger charge is 2.19. The highest BCUT2D eigenvalue weighted by molar-refractivity contribution is 6.02. The number of rotatable bonds is 7. The molecule has 182 valence electrons. The Balaban J connectivity index is 1.76.